The van der Waals surface area contributed by atoms with Gasteiger partial charge in [-0.1, -0.05) is 37.5 Å². The third-order valence-corrected chi connectivity index (χ3v) is 4.15. The molecule has 1 aliphatic rings. The number of benzene rings is 1. The molecule has 1 saturated carbocycles. The molecule has 0 spiro atoms. The van der Waals surface area contributed by atoms with E-state index in [-0.39, 0.29) is 11.7 Å². The summed E-state index contributed by atoms with van der Waals surface area (Å²) in [6.07, 6.45) is 5.71. The van der Waals surface area contributed by atoms with Gasteiger partial charge < -0.3 is 0 Å². The number of rotatable bonds is 2. The first-order valence-corrected chi connectivity index (χ1v) is 7.16. The van der Waals surface area contributed by atoms with Gasteiger partial charge in [0, 0.05) is 11.3 Å². The molecule has 1 heterocycles. The predicted molar refractivity (Wildman–Crippen MR) is 77.4 cm³/mol. The second kappa shape index (κ2) is 5.12. The lowest BCUT2D eigenvalue weighted by Gasteiger charge is -2.20. The van der Waals surface area contributed by atoms with E-state index in [0.717, 1.165) is 29.3 Å². The van der Waals surface area contributed by atoms with E-state index in [4.69, 9.17) is 0 Å². The van der Waals surface area contributed by atoms with Crippen LogP contribution < -0.4 is 0 Å². The Morgan fingerprint density at radius 1 is 1.16 bits per heavy atom. The van der Waals surface area contributed by atoms with Gasteiger partial charge in [0.05, 0.1) is 5.52 Å². The molecule has 0 amide bonds. The minimum Gasteiger partial charge on any atom is -0.292 e. The van der Waals surface area contributed by atoms with Crippen molar-refractivity contribution in [2.45, 2.75) is 39.0 Å². The van der Waals surface area contributed by atoms with Crippen LogP contribution in [0.5, 0.6) is 0 Å². The van der Waals surface area contributed by atoms with Crippen LogP contribution >= 0.6 is 0 Å². The highest BCUT2D eigenvalue weighted by atomic mass is 16.1. The Morgan fingerprint density at radius 3 is 2.68 bits per heavy atom. The van der Waals surface area contributed by atoms with Crippen molar-refractivity contribution in [2.75, 3.05) is 0 Å². The SMILES string of the molecule is Cc1cc(C(=O)C2CCCCC2)nc2ccccc12. The van der Waals surface area contributed by atoms with Crippen LogP contribution in [0.3, 0.4) is 0 Å². The molecule has 1 aromatic carbocycles. The molecule has 2 aromatic rings. The Hall–Kier alpha value is -1.70. The molecule has 1 aliphatic carbocycles. The van der Waals surface area contributed by atoms with Crippen LogP contribution in [-0.2, 0) is 0 Å². The van der Waals surface area contributed by atoms with Crippen LogP contribution in [0.15, 0.2) is 30.3 Å². The summed E-state index contributed by atoms with van der Waals surface area (Å²) in [4.78, 5) is 17.1. The van der Waals surface area contributed by atoms with E-state index in [2.05, 4.69) is 18.0 Å². The lowest BCUT2D eigenvalue weighted by atomic mass is 9.85. The normalized spacial score (nSPS) is 16.7. The van der Waals surface area contributed by atoms with Crippen molar-refractivity contribution in [1.82, 2.24) is 4.98 Å². The topological polar surface area (TPSA) is 30.0 Å². The van der Waals surface area contributed by atoms with E-state index < -0.39 is 0 Å². The molecule has 19 heavy (non-hydrogen) atoms. The van der Waals surface area contributed by atoms with Crippen molar-refractivity contribution in [2.24, 2.45) is 5.92 Å². The summed E-state index contributed by atoms with van der Waals surface area (Å²) in [5, 5.41) is 1.14. The quantitative estimate of drug-likeness (QED) is 0.747. The molecular formula is C17H19NO. The maximum atomic E-state index is 12.5. The first-order valence-electron chi connectivity index (χ1n) is 7.16. The van der Waals surface area contributed by atoms with Gasteiger partial charge in [-0.2, -0.15) is 0 Å². The molecule has 0 aliphatic heterocycles. The van der Waals surface area contributed by atoms with Crippen molar-refractivity contribution < 1.29 is 4.79 Å². The second-order valence-corrected chi connectivity index (χ2v) is 5.54. The van der Waals surface area contributed by atoms with E-state index in [1.807, 2.05) is 24.3 Å². The number of aryl methyl sites for hydroxylation is 1. The predicted octanol–water partition coefficient (Wildman–Crippen LogP) is 4.31. The zero-order valence-corrected chi connectivity index (χ0v) is 11.4. The van der Waals surface area contributed by atoms with Gasteiger partial charge in [0.1, 0.15) is 5.69 Å². The van der Waals surface area contributed by atoms with Crippen molar-refractivity contribution in [3.63, 3.8) is 0 Å². The number of pyridine rings is 1. The molecule has 0 unspecified atom stereocenters. The number of carbonyl (C=O) groups is 1. The van der Waals surface area contributed by atoms with Crippen LogP contribution in [-0.4, -0.2) is 10.8 Å². The maximum Gasteiger partial charge on any atom is 0.184 e. The van der Waals surface area contributed by atoms with Gasteiger partial charge in [0.15, 0.2) is 5.78 Å². The molecule has 0 N–H and O–H groups in total. The number of hydrogen-bond donors (Lipinski definition) is 0. The third kappa shape index (κ3) is 2.40. The number of nitrogens with zero attached hydrogens (tertiary/aromatic N) is 1. The molecule has 0 saturated heterocycles. The smallest absolute Gasteiger partial charge is 0.184 e. The third-order valence-electron chi connectivity index (χ3n) is 4.15. The summed E-state index contributed by atoms with van der Waals surface area (Å²) < 4.78 is 0. The molecule has 0 atom stereocenters. The van der Waals surface area contributed by atoms with Crippen LogP contribution in [0.4, 0.5) is 0 Å². The number of hydrogen-bond acceptors (Lipinski definition) is 2. The number of Topliss-reactive ketones (excluding diaryl/α,β-unsaturated/α-hetero) is 1. The van der Waals surface area contributed by atoms with Crippen molar-refractivity contribution in [3.05, 3.63) is 41.6 Å². The van der Waals surface area contributed by atoms with Crippen LogP contribution in [0.25, 0.3) is 10.9 Å². The zero-order valence-electron chi connectivity index (χ0n) is 11.4. The summed E-state index contributed by atoms with van der Waals surface area (Å²) in [5.41, 5.74) is 2.73. The van der Waals surface area contributed by atoms with Gasteiger partial charge in [-0.3, -0.25) is 4.79 Å². The van der Waals surface area contributed by atoms with Gasteiger partial charge in [0.25, 0.3) is 0 Å². The molecule has 0 radical (unpaired) electrons. The summed E-state index contributed by atoms with van der Waals surface area (Å²) in [5.74, 6) is 0.440. The first-order chi connectivity index (χ1) is 9.25. The molecule has 1 aromatic heterocycles. The monoisotopic (exact) mass is 253 g/mol. The first kappa shape index (κ1) is 12.3. The number of ketones is 1. The van der Waals surface area contributed by atoms with Gasteiger partial charge in [-0.25, -0.2) is 4.98 Å². The fraction of sp³-hybridized carbons (Fsp3) is 0.412. The number of para-hydroxylation sites is 1. The Morgan fingerprint density at radius 2 is 1.89 bits per heavy atom. The Kier molecular flexibility index (Phi) is 3.33. The van der Waals surface area contributed by atoms with Crippen LogP contribution in [0.1, 0.15) is 48.2 Å². The minimum absolute atomic E-state index is 0.196. The van der Waals surface area contributed by atoms with Crippen molar-refractivity contribution in [1.29, 1.82) is 0 Å². The molecule has 3 rings (SSSR count). The summed E-state index contributed by atoms with van der Waals surface area (Å²) in [6, 6.07) is 10.00. The largest absolute Gasteiger partial charge is 0.292 e. The van der Waals surface area contributed by atoms with E-state index in [1.165, 1.54) is 19.3 Å². The van der Waals surface area contributed by atoms with Gasteiger partial charge in [-0.05, 0) is 37.5 Å². The lowest BCUT2D eigenvalue weighted by Crippen LogP contribution is -2.19. The Bertz CT molecular complexity index is 612. The van der Waals surface area contributed by atoms with Gasteiger partial charge in [0.2, 0.25) is 0 Å². The zero-order chi connectivity index (χ0) is 13.2. The van der Waals surface area contributed by atoms with Crippen LogP contribution in [0.2, 0.25) is 0 Å². The highest BCUT2D eigenvalue weighted by Crippen LogP contribution is 2.27. The molecule has 0 bridgehead atoms. The lowest BCUT2D eigenvalue weighted by molar-refractivity contribution is 0.0884. The fourth-order valence-corrected chi connectivity index (χ4v) is 3.05. The number of aromatic nitrogens is 1. The summed E-state index contributed by atoms with van der Waals surface area (Å²) in [7, 11) is 0. The minimum atomic E-state index is 0.196. The van der Waals surface area contributed by atoms with E-state index >= 15 is 0 Å². The summed E-state index contributed by atoms with van der Waals surface area (Å²) >= 11 is 0. The Balaban J connectivity index is 1.98. The molecule has 2 nitrogen and oxygen atoms in total. The van der Waals surface area contributed by atoms with E-state index in [9.17, 15) is 4.79 Å². The molecule has 2 heteroatoms. The second-order valence-electron chi connectivity index (χ2n) is 5.54. The summed E-state index contributed by atoms with van der Waals surface area (Å²) in [6.45, 7) is 2.06. The molecule has 98 valence electrons. The van der Waals surface area contributed by atoms with Crippen molar-refractivity contribution >= 4 is 16.7 Å². The highest BCUT2D eigenvalue weighted by molar-refractivity contribution is 5.98. The molecule has 1 fully saturated rings. The van der Waals surface area contributed by atoms with Gasteiger partial charge >= 0.3 is 0 Å². The number of fused-ring (bicyclic) bond motifs is 1. The average molecular weight is 253 g/mol. The fourth-order valence-electron chi connectivity index (χ4n) is 3.05. The van der Waals surface area contributed by atoms with Crippen molar-refractivity contribution in [3.8, 4) is 0 Å². The van der Waals surface area contributed by atoms with Gasteiger partial charge in [-0.15, -0.1) is 0 Å². The Labute approximate surface area is 113 Å². The average Bonchev–Trinajstić information content (AvgIpc) is 2.47. The number of carbonyl (C=O) groups excluding carboxylic acids is 1. The van der Waals surface area contributed by atoms with E-state index in [0.29, 0.717) is 5.69 Å². The van der Waals surface area contributed by atoms with Crippen LogP contribution in [0, 0.1) is 12.8 Å². The maximum absolute atomic E-state index is 12.5. The highest BCUT2D eigenvalue weighted by Gasteiger charge is 2.23. The van der Waals surface area contributed by atoms with E-state index in [1.54, 1.807) is 0 Å². The molecular weight excluding hydrogens is 234 g/mol. The standard InChI is InChI=1S/C17H19NO/c1-12-11-16(17(19)13-7-3-2-4-8-13)18-15-10-6-5-9-14(12)15/h5-6,9-11,13H,2-4,7-8H2,1H3.